The third kappa shape index (κ3) is 3.11. The van der Waals surface area contributed by atoms with Crippen LogP contribution in [0.25, 0.3) is 0 Å². The summed E-state index contributed by atoms with van der Waals surface area (Å²) in [5.41, 5.74) is 0.868. The van der Waals surface area contributed by atoms with Crippen molar-refractivity contribution in [2.75, 3.05) is 17.5 Å². The van der Waals surface area contributed by atoms with E-state index in [2.05, 4.69) is 5.10 Å². The number of aryl methyl sites for hydroxylation is 2. The summed E-state index contributed by atoms with van der Waals surface area (Å²) >= 11 is 6.11. The second-order valence-corrected chi connectivity index (χ2v) is 6.98. The summed E-state index contributed by atoms with van der Waals surface area (Å²) in [6.07, 6.45) is 0.324. The third-order valence-corrected chi connectivity index (χ3v) is 5.74. The monoisotopic (exact) mass is 343 g/mol. The molecule has 1 heterocycles. The Morgan fingerprint density at radius 3 is 2.45 bits per heavy atom. The van der Waals surface area contributed by atoms with Gasteiger partial charge in [0.2, 0.25) is 0 Å². The van der Waals surface area contributed by atoms with E-state index in [0.29, 0.717) is 17.8 Å². The van der Waals surface area contributed by atoms with Gasteiger partial charge in [0.1, 0.15) is 10.0 Å². The van der Waals surface area contributed by atoms with Crippen LogP contribution in [-0.4, -0.2) is 36.5 Å². The van der Waals surface area contributed by atoms with Crippen LogP contribution < -0.4 is 4.31 Å². The molecule has 1 N–H and O–H groups in total. The fourth-order valence-electron chi connectivity index (χ4n) is 2.21. The first-order valence-corrected chi connectivity index (χ1v) is 8.59. The summed E-state index contributed by atoms with van der Waals surface area (Å²) in [7, 11) is -2.27. The summed E-state index contributed by atoms with van der Waals surface area (Å²) in [6, 6.07) is 8.73. The van der Waals surface area contributed by atoms with Gasteiger partial charge in [-0.15, -0.1) is 0 Å². The molecule has 0 saturated carbocycles. The van der Waals surface area contributed by atoms with Gasteiger partial charge in [0.25, 0.3) is 10.0 Å². The lowest BCUT2D eigenvalue weighted by Gasteiger charge is -2.24. The first-order chi connectivity index (χ1) is 10.4. The molecule has 2 rings (SSSR count). The largest absolute Gasteiger partial charge is 0.396 e. The van der Waals surface area contributed by atoms with Crippen molar-refractivity contribution in [3.05, 3.63) is 41.2 Å². The Morgan fingerprint density at radius 2 is 1.95 bits per heavy atom. The molecule has 0 spiro atoms. The van der Waals surface area contributed by atoms with E-state index >= 15 is 0 Å². The zero-order valence-electron chi connectivity index (χ0n) is 12.4. The van der Waals surface area contributed by atoms with Crippen molar-refractivity contribution in [1.82, 2.24) is 9.78 Å². The molecular formula is C14H18ClN3O3S. The quantitative estimate of drug-likeness (QED) is 0.870. The van der Waals surface area contributed by atoms with Gasteiger partial charge in [-0.1, -0.05) is 29.8 Å². The number of halogens is 1. The predicted molar refractivity (Wildman–Crippen MR) is 85.6 cm³/mol. The van der Waals surface area contributed by atoms with Gasteiger partial charge < -0.3 is 5.11 Å². The second kappa shape index (κ2) is 6.68. The Labute approximate surface area is 135 Å². The van der Waals surface area contributed by atoms with E-state index in [1.165, 1.54) is 8.99 Å². The van der Waals surface area contributed by atoms with Crippen molar-refractivity contribution in [1.29, 1.82) is 0 Å². The van der Waals surface area contributed by atoms with Crippen molar-refractivity contribution in [3.8, 4) is 0 Å². The van der Waals surface area contributed by atoms with Crippen LogP contribution in [0.15, 0.2) is 35.2 Å². The maximum Gasteiger partial charge on any atom is 0.269 e. The highest BCUT2D eigenvalue weighted by atomic mass is 35.5. The molecule has 0 saturated heterocycles. The van der Waals surface area contributed by atoms with Crippen LogP contribution in [0.5, 0.6) is 0 Å². The maximum absolute atomic E-state index is 13.0. The lowest BCUT2D eigenvalue weighted by Crippen LogP contribution is -2.33. The summed E-state index contributed by atoms with van der Waals surface area (Å²) in [5.74, 6) is 0. The first kappa shape index (κ1) is 16.8. The molecule has 0 aliphatic carbocycles. The molecule has 22 heavy (non-hydrogen) atoms. The summed E-state index contributed by atoms with van der Waals surface area (Å²) in [5, 5.41) is 13.2. The van der Waals surface area contributed by atoms with Crippen LogP contribution in [0.1, 0.15) is 12.1 Å². The number of hydrogen-bond acceptors (Lipinski definition) is 4. The lowest BCUT2D eigenvalue weighted by molar-refractivity contribution is 0.291. The van der Waals surface area contributed by atoms with Crippen molar-refractivity contribution in [2.45, 2.75) is 18.2 Å². The molecular weight excluding hydrogens is 326 g/mol. The fourth-order valence-corrected chi connectivity index (χ4v) is 4.43. The van der Waals surface area contributed by atoms with Gasteiger partial charge in [-0.25, -0.2) is 8.42 Å². The van der Waals surface area contributed by atoms with E-state index in [1.807, 2.05) is 6.07 Å². The number of benzene rings is 1. The zero-order valence-corrected chi connectivity index (χ0v) is 14.0. The summed E-state index contributed by atoms with van der Waals surface area (Å²) < 4.78 is 28.6. The highest BCUT2D eigenvalue weighted by Gasteiger charge is 2.31. The molecule has 0 bridgehead atoms. The normalized spacial score (nSPS) is 11.6. The van der Waals surface area contributed by atoms with E-state index in [0.717, 1.165) is 0 Å². The molecule has 0 aliphatic rings. The number of para-hydroxylation sites is 1. The smallest absolute Gasteiger partial charge is 0.269 e. The van der Waals surface area contributed by atoms with Gasteiger partial charge in [0, 0.05) is 20.2 Å². The molecule has 120 valence electrons. The minimum Gasteiger partial charge on any atom is -0.396 e. The van der Waals surface area contributed by atoms with Gasteiger partial charge in [-0.3, -0.25) is 8.99 Å². The highest BCUT2D eigenvalue weighted by molar-refractivity contribution is 7.93. The van der Waals surface area contributed by atoms with Crippen LogP contribution in [0, 0.1) is 6.92 Å². The minimum atomic E-state index is -3.86. The molecule has 0 unspecified atom stereocenters. The van der Waals surface area contributed by atoms with Crippen LogP contribution in [-0.2, 0) is 17.1 Å². The SMILES string of the molecule is Cc1nn(C)c(Cl)c1S(=O)(=O)N(CCCO)c1ccccc1. The van der Waals surface area contributed by atoms with E-state index in [9.17, 15) is 8.42 Å². The molecule has 0 aliphatic heterocycles. The van der Waals surface area contributed by atoms with E-state index in [1.54, 1.807) is 38.2 Å². The first-order valence-electron chi connectivity index (χ1n) is 6.77. The minimum absolute atomic E-state index is 0.00143. The maximum atomic E-state index is 13.0. The van der Waals surface area contributed by atoms with Crippen LogP contribution in [0.4, 0.5) is 5.69 Å². The predicted octanol–water partition coefficient (Wildman–Crippen LogP) is 1.96. The number of nitrogens with zero attached hydrogens (tertiary/aromatic N) is 3. The summed E-state index contributed by atoms with van der Waals surface area (Å²) in [4.78, 5) is -0.00143. The number of hydrogen-bond donors (Lipinski definition) is 1. The van der Waals surface area contributed by atoms with E-state index in [4.69, 9.17) is 16.7 Å². The Hall–Kier alpha value is -1.57. The number of rotatable bonds is 6. The van der Waals surface area contributed by atoms with Crippen molar-refractivity contribution >= 4 is 27.3 Å². The van der Waals surface area contributed by atoms with E-state index < -0.39 is 10.0 Å². The van der Waals surface area contributed by atoms with Crippen molar-refractivity contribution in [3.63, 3.8) is 0 Å². The van der Waals surface area contributed by atoms with Gasteiger partial charge in [0.15, 0.2) is 0 Å². The Bertz CT molecular complexity index is 744. The lowest BCUT2D eigenvalue weighted by atomic mass is 10.3. The molecule has 2 aromatic rings. The van der Waals surface area contributed by atoms with Gasteiger partial charge in [-0.2, -0.15) is 5.10 Å². The number of aliphatic hydroxyl groups excluding tert-OH is 1. The molecule has 0 fully saturated rings. The van der Waals surface area contributed by atoms with Gasteiger partial charge in [0.05, 0.1) is 11.4 Å². The average molecular weight is 344 g/mol. The third-order valence-electron chi connectivity index (χ3n) is 3.21. The standard InChI is InChI=1S/C14H18ClN3O3S/c1-11-13(14(15)17(2)16-11)22(20,21)18(9-6-10-19)12-7-4-3-5-8-12/h3-5,7-8,19H,6,9-10H2,1-2H3. The Morgan fingerprint density at radius 1 is 1.32 bits per heavy atom. The Balaban J connectivity index is 2.54. The number of aromatic nitrogens is 2. The molecule has 0 amide bonds. The number of aliphatic hydroxyl groups is 1. The fraction of sp³-hybridized carbons (Fsp3) is 0.357. The Kier molecular flexibility index (Phi) is 5.10. The van der Waals surface area contributed by atoms with Gasteiger partial charge >= 0.3 is 0 Å². The number of sulfonamides is 1. The second-order valence-electron chi connectivity index (χ2n) is 4.82. The topological polar surface area (TPSA) is 75.4 Å². The molecule has 0 radical (unpaired) electrons. The van der Waals surface area contributed by atoms with E-state index in [-0.39, 0.29) is 23.2 Å². The average Bonchev–Trinajstić information content (AvgIpc) is 2.73. The zero-order chi connectivity index (χ0) is 16.3. The van der Waals surface area contributed by atoms with Crippen molar-refractivity contribution < 1.29 is 13.5 Å². The van der Waals surface area contributed by atoms with Gasteiger partial charge in [-0.05, 0) is 25.5 Å². The van der Waals surface area contributed by atoms with Crippen LogP contribution in [0.2, 0.25) is 5.15 Å². The molecule has 1 aromatic carbocycles. The molecule has 8 heteroatoms. The van der Waals surface area contributed by atoms with Crippen LogP contribution >= 0.6 is 11.6 Å². The summed E-state index contributed by atoms with van der Waals surface area (Å²) in [6.45, 7) is 1.67. The van der Waals surface area contributed by atoms with Crippen LogP contribution in [0.3, 0.4) is 0 Å². The number of anilines is 1. The molecule has 1 aromatic heterocycles. The molecule has 0 atom stereocenters. The highest BCUT2D eigenvalue weighted by Crippen LogP contribution is 2.30. The molecule has 6 nitrogen and oxygen atoms in total. The van der Waals surface area contributed by atoms with Crippen molar-refractivity contribution in [2.24, 2.45) is 7.05 Å².